The standard InChI is InChI=1S/C15H12BrFOS/c16-12-7-5-11(6-8-12)9-13(18)10-19-15-4-2-1-3-14(15)17/h1-8H,9-10H2. The summed E-state index contributed by atoms with van der Waals surface area (Å²) in [6, 6.07) is 14.1. The molecule has 0 amide bonds. The zero-order valence-corrected chi connectivity index (χ0v) is 12.5. The van der Waals surface area contributed by atoms with Crippen molar-refractivity contribution in [1.82, 2.24) is 0 Å². The number of Topliss-reactive ketones (excluding diaryl/α,β-unsaturated/α-hetero) is 1. The molecule has 0 spiro atoms. The molecule has 0 aromatic heterocycles. The number of hydrogen-bond donors (Lipinski definition) is 0. The van der Waals surface area contributed by atoms with E-state index in [0.717, 1.165) is 10.0 Å². The Kier molecular flexibility index (Phi) is 5.16. The lowest BCUT2D eigenvalue weighted by Gasteiger charge is -2.03. The fourth-order valence-corrected chi connectivity index (χ4v) is 2.66. The molecular formula is C15H12BrFOS. The van der Waals surface area contributed by atoms with E-state index in [4.69, 9.17) is 0 Å². The van der Waals surface area contributed by atoms with E-state index >= 15 is 0 Å². The number of hydrogen-bond acceptors (Lipinski definition) is 2. The summed E-state index contributed by atoms with van der Waals surface area (Å²) in [4.78, 5) is 12.3. The highest BCUT2D eigenvalue weighted by atomic mass is 79.9. The number of carbonyl (C=O) groups is 1. The summed E-state index contributed by atoms with van der Waals surface area (Å²) in [7, 11) is 0. The lowest BCUT2D eigenvalue weighted by Crippen LogP contribution is -2.05. The van der Waals surface area contributed by atoms with Crippen LogP contribution in [0.1, 0.15) is 5.56 Å². The SMILES string of the molecule is O=C(CSc1ccccc1F)Cc1ccc(Br)cc1. The quantitative estimate of drug-likeness (QED) is 0.747. The average molecular weight is 339 g/mol. The van der Waals surface area contributed by atoms with E-state index in [0.29, 0.717) is 11.3 Å². The van der Waals surface area contributed by atoms with Gasteiger partial charge >= 0.3 is 0 Å². The summed E-state index contributed by atoms with van der Waals surface area (Å²) in [5.41, 5.74) is 0.974. The van der Waals surface area contributed by atoms with Crippen LogP contribution in [0, 0.1) is 5.82 Å². The molecule has 0 unspecified atom stereocenters. The molecule has 0 fully saturated rings. The minimum Gasteiger partial charge on any atom is -0.298 e. The Labute approximate surface area is 124 Å². The normalized spacial score (nSPS) is 10.4. The first-order chi connectivity index (χ1) is 9.15. The highest BCUT2D eigenvalue weighted by Crippen LogP contribution is 2.21. The highest BCUT2D eigenvalue weighted by molar-refractivity contribution is 9.10. The molecule has 0 saturated heterocycles. The van der Waals surface area contributed by atoms with Gasteiger partial charge in [0.25, 0.3) is 0 Å². The molecule has 0 bridgehead atoms. The number of rotatable bonds is 5. The minimum atomic E-state index is -0.274. The van der Waals surface area contributed by atoms with E-state index in [2.05, 4.69) is 15.9 Å². The molecule has 0 radical (unpaired) electrons. The Balaban J connectivity index is 1.88. The van der Waals surface area contributed by atoms with Gasteiger partial charge in [-0.25, -0.2) is 4.39 Å². The largest absolute Gasteiger partial charge is 0.298 e. The van der Waals surface area contributed by atoms with Gasteiger partial charge in [0.1, 0.15) is 11.6 Å². The van der Waals surface area contributed by atoms with Crippen molar-refractivity contribution in [3.05, 3.63) is 64.4 Å². The van der Waals surface area contributed by atoms with Gasteiger partial charge in [-0.15, -0.1) is 11.8 Å². The molecule has 0 aliphatic carbocycles. The summed E-state index contributed by atoms with van der Waals surface area (Å²) < 4.78 is 14.4. The first-order valence-corrected chi connectivity index (χ1v) is 7.56. The predicted octanol–water partition coefficient (Wildman–Crippen LogP) is 4.49. The Morgan fingerprint density at radius 3 is 2.47 bits per heavy atom. The molecule has 0 saturated carbocycles. The van der Waals surface area contributed by atoms with Crippen LogP contribution in [0.15, 0.2) is 57.9 Å². The van der Waals surface area contributed by atoms with Crippen LogP contribution in [0.25, 0.3) is 0 Å². The van der Waals surface area contributed by atoms with Gasteiger partial charge in [-0.05, 0) is 29.8 Å². The van der Waals surface area contributed by atoms with Gasteiger partial charge in [0.15, 0.2) is 0 Å². The third kappa shape index (κ3) is 4.48. The number of ketones is 1. The summed E-state index contributed by atoms with van der Waals surface area (Å²) >= 11 is 4.59. The third-order valence-electron chi connectivity index (χ3n) is 2.54. The first kappa shape index (κ1) is 14.3. The maximum absolute atomic E-state index is 13.4. The number of carbonyl (C=O) groups excluding carboxylic acids is 1. The molecule has 0 aliphatic heterocycles. The van der Waals surface area contributed by atoms with Crippen molar-refractivity contribution in [1.29, 1.82) is 0 Å². The van der Waals surface area contributed by atoms with Crippen molar-refractivity contribution in [3.63, 3.8) is 0 Å². The van der Waals surface area contributed by atoms with Crippen LogP contribution in [0.2, 0.25) is 0 Å². The van der Waals surface area contributed by atoms with Gasteiger partial charge in [0, 0.05) is 15.8 Å². The van der Waals surface area contributed by atoms with Gasteiger partial charge in [-0.3, -0.25) is 4.79 Å². The predicted molar refractivity (Wildman–Crippen MR) is 80.0 cm³/mol. The summed E-state index contributed by atoms with van der Waals surface area (Å²) in [6.07, 6.45) is 0.384. The molecule has 0 atom stereocenters. The topological polar surface area (TPSA) is 17.1 Å². The van der Waals surface area contributed by atoms with Crippen molar-refractivity contribution < 1.29 is 9.18 Å². The highest BCUT2D eigenvalue weighted by Gasteiger charge is 2.07. The third-order valence-corrected chi connectivity index (χ3v) is 4.18. The van der Waals surface area contributed by atoms with Crippen molar-refractivity contribution in [3.8, 4) is 0 Å². The Morgan fingerprint density at radius 2 is 1.79 bits per heavy atom. The number of benzene rings is 2. The first-order valence-electron chi connectivity index (χ1n) is 5.78. The molecular weight excluding hydrogens is 327 g/mol. The second-order valence-corrected chi connectivity index (χ2v) is 5.99. The fraction of sp³-hybridized carbons (Fsp3) is 0.133. The van der Waals surface area contributed by atoms with Crippen molar-refractivity contribution in [2.75, 3.05) is 5.75 Å². The summed E-state index contributed by atoms with van der Waals surface area (Å²) in [5.74, 6) is 0.108. The molecule has 0 heterocycles. The molecule has 2 aromatic rings. The molecule has 1 nitrogen and oxygen atoms in total. The van der Waals surface area contributed by atoms with E-state index in [1.54, 1.807) is 18.2 Å². The van der Waals surface area contributed by atoms with Crippen LogP contribution in [0.3, 0.4) is 0 Å². The van der Waals surface area contributed by atoms with Crippen LogP contribution in [-0.2, 0) is 11.2 Å². The van der Waals surface area contributed by atoms with Gasteiger partial charge in [-0.2, -0.15) is 0 Å². The molecule has 0 N–H and O–H groups in total. The Bertz CT molecular complexity index is 569. The molecule has 98 valence electrons. The lowest BCUT2D eigenvalue weighted by atomic mass is 10.1. The Morgan fingerprint density at radius 1 is 1.11 bits per heavy atom. The second kappa shape index (κ2) is 6.87. The second-order valence-electron chi connectivity index (χ2n) is 4.06. The van der Waals surface area contributed by atoms with Crippen molar-refractivity contribution in [2.24, 2.45) is 0 Å². The van der Waals surface area contributed by atoms with Gasteiger partial charge < -0.3 is 0 Å². The van der Waals surface area contributed by atoms with E-state index in [1.807, 2.05) is 24.3 Å². The van der Waals surface area contributed by atoms with Gasteiger partial charge in [0.2, 0.25) is 0 Å². The van der Waals surface area contributed by atoms with E-state index in [9.17, 15) is 9.18 Å². The maximum atomic E-state index is 13.4. The zero-order valence-electron chi connectivity index (χ0n) is 10.1. The van der Waals surface area contributed by atoms with Crippen LogP contribution >= 0.6 is 27.7 Å². The fourth-order valence-electron chi connectivity index (χ4n) is 1.60. The van der Waals surface area contributed by atoms with Crippen LogP contribution in [0.4, 0.5) is 4.39 Å². The maximum Gasteiger partial charge on any atom is 0.147 e. The number of thioether (sulfide) groups is 1. The minimum absolute atomic E-state index is 0.0931. The molecule has 4 heteroatoms. The molecule has 19 heavy (non-hydrogen) atoms. The van der Waals surface area contributed by atoms with E-state index in [-0.39, 0.29) is 17.4 Å². The van der Waals surface area contributed by atoms with Crippen LogP contribution in [-0.4, -0.2) is 11.5 Å². The average Bonchev–Trinajstić information content (AvgIpc) is 2.40. The number of halogens is 2. The van der Waals surface area contributed by atoms with Gasteiger partial charge in [0.05, 0.1) is 5.75 Å². The monoisotopic (exact) mass is 338 g/mol. The van der Waals surface area contributed by atoms with Crippen LogP contribution < -0.4 is 0 Å². The van der Waals surface area contributed by atoms with E-state index < -0.39 is 0 Å². The van der Waals surface area contributed by atoms with Crippen LogP contribution in [0.5, 0.6) is 0 Å². The molecule has 0 aliphatic rings. The van der Waals surface area contributed by atoms with Gasteiger partial charge in [-0.1, -0.05) is 40.2 Å². The summed E-state index contributed by atoms with van der Waals surface area (Å²) in [6.45, 7) is 0. The smallest absolute Gasteiger partial charge is 0.147 e. The Hall–Kier alpha value is -1.13. The van der Waals surface area contributed by atoms with E-state index in [1.165, 1.54) is 17.8 Å². The van der Waals surface area contributed by atoms with Crippen molar-refractivity contribution in [2.45, 2.75) is 11.3 Å². The molecule has 2 rings (SSSR count). The lowest BCUT2D eigenvalue weighted by molar-refractivity contribution is -0.116. The zero-order chi connectivity index (χ0) is 13.7. The van der Waals surface area contributed by atoms with Crippen molar-refractivity contribution >= 4 is 33.5 Å². The molecule has 2 aromatic carbocycles. The summed E-state index contributed by atoms with van der Waals surface area (Å²) in [5, 5.41) is 0.